The van der Waals surface area contributed by atoms with E-state index in [9.17, 15) is 14.4 Å². The number of likely N-dealkylation sites (N-methyl/N-ethyl adjacent to an activating group) is 1. The lowest BCUT2D eigenvalue weighted by Gasteiger charge is -2.11. The second-order valence-electron chi connectivity index (χ2n) is 5.65. The molecule has 1 N–H and O–H groups in total. The molecule has 0 spiro atoms. The average Bonchev–Trinajstić information content (AvgIpc) is 3.00. The highest BCUT2D eigenvalue weighted by Gasteiger charge is 2.11. The van der Waals surface area contributed by atoms with Gasteiger partial charge in [-0.25, -0.2) is 4.98 Å². The van der Waals surface area contributed by atoms with Gasteiger partial charge in [0.25, 0.3) is 5.91 Å². The summed E-state index contributed by atoms with van der Waals surface area (Å²) >= 11 is 1.62. The molecule has 0 aliphatic carbocycles. The van der Waals surface area contributed by atoms with E-state index in [-0.39, 0.29) is 25.5 Å². The minimum Gasteiger partial charge on any atom is -0.456 e. The van der Waals surface area contributed by atoms with Crippen LogP contribution in [0.3, 0.4) is 0 Å². The number of carbonyl (C=O) groups is 3. The van der Waals surface area contributed by atoms with Gasteiger partial charge < -0.3 is 15.0 Å². The number of thiazole rings is 1. The maximum Gasteiger partial charge on any atom is 0.306 e. The summed E-state index contributed by atoms with van der Waals surface area (Å²) in [5.74, 6) is -1.15. The Kier molecular flexibility index (Phi) is 6.88. The summed E-state index contributed by atoms with van der Waals surface area (Å²) in [4.78, 5) is 40.4. The number of hydrogen-bond donors (Lipinski definition) is 1. The number of amides is 2. The fourth-order valence-corrected chi connectivity index (χ4v) is 3.02. The molecule has 7 nitrogen and oxygen atoms in total. The molecule has 134 valence electrons. The summed E-state index contributed by atoms with van der Waals surface area (Å²) in [6.45, 7) is -0.484. The van der Waals surface area contributed by atoms with Crippen LogP contribution in [0.5, 0.6) is 0 Å². The summed E-state index contributed by atoms with van der Waals surface area (Å²) in [7, 11) is 3.19. The molecule has 1 heterocycles. The van der Waals surface area contributed by atoms with E-state index >= 15 is 0 Å². The first-order valence-electron chi connectivity index (χ1n) is 7.92. The van der Waals surface area contributed by atoms with Gasteiger partial charge in [0.2, 0.25) is 5.91 Å². The van der Waals surface area contributed by atoms with Crippen LogP contribution in [0.1, 0.15) is 17.8 Å². The van der Waals surface area contributed by atoms with Crippen molar-refractivity contribution >= 4 is 39.3 Å². The molecule has 8 heteroatoms. The molecule has 2 aromatic rings. The van der Waals surface area contributed by atoms with Gasteiger partial charge in [-0.3, -0.25) is 14.4 Å². The van der Waals surface area contributed by atoms with Crippen molar-refractivity contribution in [3.63, 3.8) is 0 Å². The van der Waals surface area contributed by atoms with Gasteiger partial charge in [-0.05, 0) is 25.0 Å². The lowest BCUT2D eigenvalue weighted by Crippen LogP contribution is -2.38. The van der Waals surface area contributed by atoms with Crippen LogP contribution in [0, 0.1) is 0 Å². The highest BCUT2D eigenvalue weighted by atomic mass is 32.1. The number of rotatable bonds is 8. The SMILES string of the molecule is CN(C)C(=O)CNC(=O)COC(=O)CCCc1nc2ccccc2s1. The Balaban J connectivity index is 1.63. The summed E-state index contributed by atoms with van der Waals surface area (Å²) in [5, 5.41) is 3.38. The maximum atomic E-state index is 11.7. The number of aryl methyl sites for hydroxylation is 1. The van der Waals surface area contributed by atoms with E-state index in [0.29, 0.717) is 12.8 Å². The van der Waals surface area contributed by atoms with E-state index in [4.69, 9.17) is 4.74 Å². The Morgan fingerprint density at radius 1 is 1.24 bits per heavy atom. The Morgan fingerprint density at radius 3 is 2.72 bits per heavy atom. The maximum absolute atomic E-state index is 11.7. The third kappa shape index (κ3) is 6.15. The van der Waals surface area contributed by atoms with Crippen molar-refractivity contribution in [3.8, 4) is 0 Å². The number of para-hydroxylation sites is 1. The van der Waals surface area contributed by atoms with E-state index < -0.39 is 11.9 Å². The van der Waals surface area contributed by atoms with E-state index in [0.717, 1.165) is 15.2 Å². The van der Waals surface area contributed by atoms with Crippen molar-refractivity contribution in [1.82, 2.24) is 15.2 Å². The molecule has 1 aromatic carbocycles. The van der Waals surface area contributed by atoms with E-state index in [1.54, 1.807) is 25.4 Å². The van der Waals surface area contributed by atoms with E-state index in [1.165, 1.54) is 4.90 Å². The van der Waals surface area contributed by atoms with Crippen LogP contribution in [0.15, 0.2) is 24.3 Å². The molecule has 1 aromatic heterocycles. The monoisotopic (exact) mass is 363 g/mol. The molecule has 0 fully saturated rings. The number of nitrogens with zero attached hydrogens (tertiary/aromatic N) is 2. The van der Waals surface area contributed by atoms with Gasteiger partial charge in [0.15, 0.2) is 6.61 Å². The second kappa shape index (κ2) is 9.12. The van der Waals surface area contributed by atoms with Crippen LogP contribution in [0.25, 0.3) is 10.2 Å². The smallest absolute Gasteiger partial charge is 0.306 e. The summed E-state index contributed by atoms with van der Waals surface area (Å²) < 4.78 is 6.03. The van der Waals surface area contributed by atoms with Gasteiger partial charge in [0, 0.05) is 20.5 Å². The molecule has 0 saturated heterocycles. The fourth-order valence-electron chi connectivity index (χ4n) is 2.01. The van der Waals surface area contributed by atoms with Crippen LogP contribution >= 0.6 is 11.3 Å². The molecule has 0 aliphatic rings. The van der Waals surface area contributed by atoms with E-state index in [2.05, 4.69) is 10.3 Å². The Hall–Kier alpha value is -2.48. The van der Waals surface area contributed by atoms with Crippen molar-refractivity contribution in [2.45, 2.75) is 19.3 Å². The highest BCUT2D eigenvalue weighted by Crippen LogP contribution is 2.22. The number of hydrogen-bond acceptors (Lipinski definition) is 6. The van der Waals surface area contributed by atoms with Crippen LogP contribution in [0.2, 0.25) is 0 Å². The number of nitrogens with one attached hydrogen (secondary N) is 1. The van der Waals surface area contributed by atoms with Gasteiger partial charge in [-0.1, -0.05) is 12.1 Å². The van der Waals surface area contributed by atoms with Crippen molar-refractivity contribution in [2.24, 2.45) is 0 Å². The van der Waals surface area contributed by atoms with Gasteiger partial charge in [-0.15, -0.1) is 11.3 Å². The number of esters is 1. The minimum atomic E-state index is -0.491. The molecule has 25 heavy (non-hydrogen) atoms. The van der Waals surface area contributed by atoms with Gasteiger partial charge in [0.1, 0.15) is 0 Å². The molecule has 2 rings (SSSR count). The third-order valence-corrected chi connectivity index (χ3v) is 4.51. The quantitative estimate of drug-likeness (QED) is 0.716. The highest BCUT2D eigenvalue weighted by molar-refractivity contribution is 7.18. The standard InChI is InChI=1S/C17H21N3O4S/c1-20(2)16(22)10-18-14(21)11-24-17(23)9-5-8-15-19-12-6-3-4-7-13(12)25-15/h3-4,6-7H,5,8-11H2,1-2H3,(H,18,21). The lowest BCUT2D eigenvalue weighted by molar-refractivity contribution is -0.148. The third-order valence-electron chi connectivity index (χ3n) is 3.41. The first-order chi connectivity index (χ1) is 12.0. The molecule has 0 aliphatic heterocycles. The van der Waals surface area contributed by atoms with Gasteiger partial charge in [-0.2, -0.15) is 0 Å². The van der Waals surface area contributed by atoms with Crippen LogP contribution in [-0.4, -0.2) is 54.9 Å². The lowest BCUT2D eigenvalue weighted by atomic mass is 10.2. The summed E-state index contributed by atoms with van der Waals surface area (Å²) in [5.41, 5.74) is 0.967. The predicted molar refractivity (Wildman–Crippen MR) is 95.2 cm³/mol. The molecular formula is C17H21N3O4S. The summed E-state index contributed by atoms with van der Waals surface area (Å²) in [6, 6.07) is 7.90. The zero-order valence-electron chi connectivity index (χ0n) is 14.3. The largest absolute Gasteiger partial charge is 0.456 e. The second-order valence-corrected chi connectivity index (χ2v) is 6.77. The Morgan fingerprint density at radius 2 is 2.00 bits per heavy atom. The number of fused-ring (bicyclic) bond motifs is 1. The normalized spacial score (nSPS) is 10.5. The molecule has 0 radical (unpaired) electrons. The topological polar surface area (TPSA) is 88.6 Å². The molecule has 0 bridgehead atoms. The molecule has 0 atom stereocenters. The van der Waals surface area contributed by atoms with Gasteiger partial charge in [0.05, 0.1) is 21.8 Å². The van der Waals surface area contributed by atoms with Crippen molar-refractivity contribution in [3.05, 3.63) is 29.3 Å². The van der Waals surface area contributed by atoms with Crippen molar-refractivity contribution in [2.75, 3.05) is 27.2 Å². The van der Waals surface area contributed by atoms with Crippen LogP contribution in [0.4, 0.5) is 0 Å². The number of aromatic nitrogens is 1. The first-order valence-corrected chi connectivity index (χ1v) is 8.74. The minimum absolute atomic E-state index is 0.110. The molecule has 2 amide bonds. The zero-order valence-corrected chi connectivity index (χ0v) is 15.1. The fraction of sp³-hybridized carbons (Fsp3) is 0.412. The molecular weight excluding hydrogens is 342 g/mol. The van der Waals surface area contributed by atoms with Crippen LogP contribution < -0.4 is 5.32 Å². The molecule has 0 unspecified atom stereocenters. The van der Waals surface area contributed by atoms with Crippen molar-refractivity contribution < 1.29 is 19.1 Å². The summed E-state index contributed by atoms with van der Waals surface area (Å²) in [6.07, 6.45) is 1.53. The molecule has 0 saturated carbocycles. The predicted octanol–water partition coefficient (Wildman–Crippen LogP) is 1.37. The average molecular weight is 363 g/mol. The van der Waals surface area contributed by atoms with Gasteiger partial charge >= 0.3 is 5.97 Å². The first kappa shape index (κ1) is 18.9. The Labute approximate surface area is 150 Å². The van der Waals surface area contributed by atoms with E-state index in [1.807, 2.05) is 24.3 Å². The number of ether oxygens (including phenoxy) is 1. The van der Waals surface area contributed by atoms with Crippen LogP contribution in [-0.2, 0) is 25.5 Å². The van der Waals surface area contributed by atoms with Crippen molar-refractivity contribution in [1.29, 1.82) is 0 Å². The number of carbonyl (C=O) groups excluding carboxylic acids is 3. The Bertz CT molecular complexity index is 724. The zero-order chi connectivity index (χ0) is 18.2. The number of benzene rings is 1.